The summed E-state index contributed by atoms with van der Waals surface area (Å²) >= 11 is 0. The lowest BCUT2D eigenvalue weighted by molar-refractivity contribution is 0.0824. The van der Waals surface area contributed by atoms with Gasteiger partial charge in [-0.05, 0) is 24.5 Å². The average Bonchev–Trinajstić information content (AvgIpc) is 2.57. The van der Waals surface area contributed by atoms with Crippen LogP contribution in [0.15, 0.2) is 27.8 Å². The van der Waals surface area contributed by atoms with Gasteiger partial charge in [-0.2, -0.15) is 0 Å². The monoisotopic (exact) mass is 359 g/mol. The Morgan fingerprint density at radius 2 is 1.69 bits per heavy atom. The van der Waals surface area contributed by atoms with E-state index in [1.54, 1.807) is 20.2 Å². The standard InChI is InChI=1S/C19H25N3O4/c1-10(19(2,3)4)20-13-14(17(25)16(13)24)21-12-9-7-8-11(15(12)23)18(26)22(5)6/h7-10,20-21,23H,1-6H3/t10-/m0/s1. The van der Waals surface area contributed by atoms with Crippen molar-refractivity contribution in [2.24, 2.45) is 5.41 Å². The highest BCUT2D eigenvalue weighted by molar-refractivity contribution is 5.99. The topological polar surface area (TPSA) is 98.7 Å². The summed E-state index contributed by atoms with van der Waals surface area (Å²) in [6, 6.07) is 4.57. The Labute approximate surface area is 152 Å². The molecule has 0 radical (unpaired) electrons. The number of anilines is 3. The molecule has 3 N–H and O–H groups in total. The number of amides is 1. The number of aromatic hydroxyl groups is 1. The molecule has 2 aromatic carbocycles. The van der Waals surface area contributed by atoms with Gasteiger partial charge in [0.2, 0.25) is 0 Å². The molecule has 26 heavy (non-hydrogen) atoms. The molecule has 7 heteroatoms. The Bertz CT molecular complexity index is 903. The van der Waals surface area contributed by atoms with Crippen LogP contribution in [0.3, 0.4) is 0 Å². The molecule has 1 atom stereocenters. The van der Waals surface area contributed by atoms with Crippen molar-refractivity contribution in [2.75, 3.05) is 24.7 Å². The molecule has 0 saturated heterocycles. The Morgan fingerprint density at radius 1 is 1.12 bits per heavy atom. The highest BCUT2D eigenvalue weighted by Gasteiger charge is 2.27. The summed E-state index contributed by atoms with van der Waals surface area (Å²) in [6.45, 7) is 7.98. The van der Waals surface area contributed by atoms with Gasteiger partial charge in [-0.1, -0.05) is 26.8 Å². The minimum Gasteiger partial charge on any atom is -0.505 e. The molecule has 2 rings (SSSR count). The molecule has 7 nitrogen and oxygen atoms in total. The van der Waals surface area contributed by atoms with E-state index in [-0.39, 0.29) is 45.7 Å². The van der Waals surface area contributed by atoms with Crippen LogP contribution in [0.25, 0.3) is 0 Å². The molecular formula is C19H25N3O4. The fourth-order valence-electron chi connectivity index (χ4n) is 2.27. The van der Waals surface area contributed by atoms with Gasteiger partial charge in [-0.15, -0.1) is 0 Å². The van der Waals surface area contributed by atoms with Gasteiger partial charge in [0, 0.05) is 20.1 Å². The van der Waals surface area contributed by atoms with E-state index in [0.717, 1.165) is 0 Å². The molecule has 1 amide bonds. The first-order chi connectivity index (χ1) is 11.9. The average molecular weight is 359 g/mol. The van der Waals surface area contributed by atoms with Crippen LogP contribution in [0.2, 0.25) is 0 Å². The first-order valence-electron chi connectivity index (χ1n) is 8.35. The summed E-state index contributed by atoms with van der Waals surface area (Å²) in [4.78, 5) is 37.4. The predicted octanol–water partition coefficient (Wildman–Crippen LogP) is 2.28. The minimum atomic E-state index is -0.655. The summed E-state index contributed by atoms with van der Waals surface area (Å²) in [5, 5.41) is 16.2. The van der Waals surface area contributed by atoms with Crippen molar-refractivity contribution in [1.29, 1.82) is 0 Å². The number of carbonyl (C=O) groups is 1. The molecule has 0 aromatic heterocycles. The molecule has 0 unspecified atom stereocenters. The van der Waals surface area contributed by atoms with Crippen molar-refractivity contribution >= 4 is 23.0 Å². The third kappa shape index (κ3) is 3.56. The molecular weight excluding hydrogens is 334 g/mol. The van der Waals surface area contributed by atoms with E-state index in [4.69, 9.17) is 0 Å². The molecule has 0 bridgehead atoms. The number of nitrogens with one attached hydrogen (secondary N) is 2. The van der Waals surface area contributed by atoms with Gasteiger partial charge in [-0.3, -0.25) is 14.4 Å². The number of carbonyl (C=O) groups excluding carboxylic acids is 1. The number of para-hydroxylation sites is 1. The Balaban J connectivity index is 2.35. The second-order valence-electron chi connectivity index (χ2n) is 7.67. The van der Waals surface area contributed by atoms with Crippen LogP contribution < -0.4 is 21.5 Å². The zero-order chi connectivity index (χ0) is 19.8. The van der Waals surface area contributed by atoms with Crippen molar-refractivity contribution in [3.8, 4) is 5.75 Å². The summed E-state index contributed by atoms with van der Waals surface area (Å²) in [7, 11) is 3.16. The Morgan fingerprint density at radius 3 is 2.23 bits per heavy atom. The van der Waals surface area contributed by atoms with Crippen molar-refractivity contribution in [3.05, 3.63) is 44.2 Å². The summed E-state index contributed by atoms with van der Waals surface area (Å²) in [6.07, 6.45) is 0. The summed E-state index contributed by atoms with van der Waals surface area (Å²) in [5.74, 6) is -0.634. The van der Waals surface area contributed by atoms with Crippen LogP contribution in [0.5, 0.6) is 5.75 Å². The third-order valence-corrected chi connectivity index (χ3v) is 4.50. The lowest BCUT2D eigenvalue weighted by Gasteiger charge is -2.30. The Kier molecular flexibility index (Phi) is 5.11. The van der Waals surface area contributed by atoms with Crippen molar-refractivity contribution in [3.63, 3.8) is 0 Å². The van der Waals surface area contributed by atoms with Crippen LogP contribution in [0, 0.1) is 5.41 Å². The van der Waals surface area contributed by atoms with E-state index in [9.17, 15) is 19.5 Å². The fraction of sp³-hybridized carbons (Fsp3) is 0.421. The maximum atomic E-state index is 12.1. The highest BCUT2D eigenvalue weighted by Crippen LogP contribution is 2.32. The number of nitrogens with zero attached hydrogens (tertiary/aromatic N) is 1. The second-order valence-corrected chi connectivity index (χ2v) is 7.67. The van der Waals surface area contributed by atoms with Crippen LogP contribution in [-0.2, 0) is 0 Å². The minimum absolute atomic E-state index is 0.0541. The molecule has 0 saturated carbocycles. The van der Waals surface area contributed by atoms with Gasteiger partial charge in [0.1, 0.15) is 11.4 Å². The summed E-state index contributed by atoms with van der Waals surface area (Å²) < 4.78 is 0. The third-order valence-electron chi connectivity index (χ3n) is 4.50. The number of rotatable bonds is 5. The quantitative estimate of drug-likeness (QED) is 0.560. The lowest BCUT2D eigenvalue weighted by atomic mass is 9.87. The Hall–Kier alpha value is -2.83. The van der Waals surface area contributed by atoms with E-state index in [1.165, 1.54) is 17.0 Å². The van der Waals surface area contributed by atoms with Crippen molar-refractivity contribution < 1.29 is 9.90 Å². The van der Waals surface area contributed by atoms with Crippen molar-refractivity contribution in [2.45, 2.75) is 33.7 Å². The molecule has 140 valence electrons. The van der Waals surface area contributed by atoms with E-state index >= 15 is 0 Å². The molecule has 0 spiro atoms. The number of hydrogen-bond donors (Lipinski definition) is 3. The van der Waals surface area contributed by atoms with Crippen LogP contribution in [0.1, 0.15) is 38.1 Å². The number of hydrogen-bond acceptors (Lipinski definition) is 6. The smallest absolute Gasteiger partial charge is 0.257 e. The molecule has 2 aromatic rings. The van der Waals surface area contributed by atoms with Gasteiger partial charge in [0.15, 0.2) is 5.75 Å². The predicted molar refractivity (Wildman–Crippen MR) is 103 cm³/mol. The van der Waals surface area contributed by atoms with Crippen LogP contribution in [-0.4, -0.2) is 36.1 Å². The molecule has 0 aliphatic rings. The molecule has 0 fully saturated rings. The van der Waals surface area contributed by atoms with E-state index in [2.05, 4.69) is 10.6 Å². The molecule has 0 heterocycles. The molecule has 0 aliphatic carbocycles. The SMILES string of the molecule is C[C@H](Nc1c(Nc2cccc(C(=O)N(C)C)c2O)c(=O)c1=O)C(C)(C)C. The zero-order valence-electron chi connectivity index (χ0n) is 15.9. The van der Waals surface area contributed by atoms with E-state index < -0.39 is 10.9 Å². The first-order valence-corrected chi connectivity index (χ1v) is 8.35. The fourth-order valence-corrected chi connectivity index (χ4v) is 2.27. The maximum Gasteiger partial charge on any atom is 0.257 e. The van der Waals surface area contributed by atoms with Crippen LogP contribution >= 0.6 is 0 Å². The van der Waals surface area contributed by atoms with Gasteiger partial charge < -0.3 is 20.6 Å². The van der Waals surface area contributed by atoms with E-state index in [0.29, 0.717) is 0 Å². The highest BCUT2D eigenvalue weighted by atomic mass is 16.3. The van der Waals surface area contributed by atoms with Gasteiger partial charge in [-0.25, -0.2) is 0 Å². The van der Waals surface area contributed by atoms with Gasteiger partial charge in [0.05, 0.1) is 11.3 Å². The zero-order valence-corrected chi connectivity index (χ0v) is 15.9. The van der Waals surface area contributed by atoms with Gasteiger partial charge >= 0.3 is 0 Å². The number of phenolic OH excluding ortho intramolecular Hbond substituents is 1. The maximum absolute atomic E-state index is 12.1. The first kappa shape index (κ1) is 19.5. The van der Waals surface area contributed by atoms with Crippen molar-refractivity contribution in [1.82, 2.24) is 4.90 Å². The number of phenols is 1. The lowest BCUT2D eigenvalue weighted by Crippen LogP contribution is -2.41. The van der Waals surface area contributed by atoms with E-state index in [1.807, 2.05) is 27.7 Å². The van der Waals surface area contributed by atoms with Gasteiger partial charge in [0.25, 0.3) is 16.8 Å². The molecule has 0 aliphatic heterocycles. The normalized spacial score (nSPS) is 12.7. The number of benzene rings is 1. The van der Waals surface area contributed by atoms with Crippen LogP contribution in [0.4, 0.5) is 17.1 Å². The second kappa shape index (κ2) is 6.82. The summed E-state index contributed by atoms with van der Waals surface area (Å²) in [5.41, 5.74) is -0.775. The largest absolute Gasteiger partial charge is 0.505 e.